The zero-order valence-corrected chi connectivity index (χ0v) is 11.8. The Kier molecular flexibility index (Phi) is 3.82. The molecule has 92 valence electrons. The summed E-state index contributed by atoms with van der Waals surface area (Å²) in [5.41, 5.74) is 1.73. The van der Waals surface area contributed by atoms with Crippen LogP contribution >= 0.6 is 15.9 Å². The molecule has 0 amide bonds. The molecule has 0 N–H and O–H groups in total. The van der Waals surface area contributed by atoms with Crippen molar-refractivity contribution in [2.45, 2.75) is 13.8 Å². The Morgan fingerprint density at radius 1 is 1.17 bits per heavy atom. The van der Waals surface area contributed by atoms with Gasteiger partial charge in [0.25, 0.3) is 0 Å². The van der Waals surface area contributed by atoms with Gasteiger partial charge in [0, 0.05) is 10.0 Å². The van der Waals surface area contributed by atoms with Crippen LogP contribution in [0.3, 0.4) is 0 Å². The van der Waals surface area contributed by atoms with Gasteiger partial charge in [0.15, 0.2) is 5.78 Å². The molecule has 0 bridgehead atoms. The number of Topliss-reactive ketones (excluding diaryl/α,β-unsaturated/α-hetero) is 1. The minimum absolute atomic E-state index is 0.0318. The Balaban J connectivity index is 2.29. The third-order valence-corrected chi connectivity index (χ3v) is 3.30. The van der Waals surface area contributed by atoms with E-state index in [0.717, 1.165) is 15.8 Å². The van der Waals surface area contributed by atoms with Crippen LogP contribution in [-0.2, 0) is 0 Å². The number of ether oxygens (including phenoxy) is 1. The van der Waals surface area contributed by atoms with Crippen LogP contribution in [0.1, 0.15) is 22.8 Å². The Morgan fingerprint density at radius 2 is 1.89 bits per heavy atom. The number of rotatable bonds is 3. The fraction of sp³-hybridized carbons (Fsp3) is 0.133. The first-order chi connectivity index (χ1) is 8.58. The van der Waals surface area contributed by atoms with Gasteiger partial charge in [-0.3, -0.25) is 4.79 Å². The third-order valence-electron chi connectivity index (χ3n) is 2.64. The molecule has 0 aliphatic heterocycles. The molecular formula is C15H13BrO2. The molecular weight excluding hydrogens is 292 g/mol. The molecule has 2 aromatic carbocycles. The van der Waals surface area contributed by atoms with Crippen molar-refractivity contribution >= 4 is 21.7 Å². The molecule has 18 heavy (non-hydrogen) atoms. The maximum atomic E-state index is 11.3. The lowest BCUT2D eigenvalue weighted by Crippen LogP contribution is -1.94. The molecule has 0 aliphatic rings. The van der Waals surface area contributed by atoms with Gasteiger partial charge in [-0.1, -0.05) is 18.2 Å². The van der Waals surface area contributed by atoms with Crippen molar-refractivity contribution in [3.8, 4) is 11.5 Å². The van der Waals surface area contributed by atoms with E-state index < -0.39 is 0 Å². The van der Waals surface area contributed by atoms with E-state index in [0.29, 0.717) is 11.3 Å². The second-order valence-electron chi connectivity index (χ2n) is 4.07. The summed E-state index contributed by atoms with van der Waals surface area (Å²) in [6.07, 6.45) is 0. The fourth-order valence-corrected chi connectivity index (χ4v) is 2.28. The predicted molar refractivity (Wildman–Crippen MR) is 75.4 cm³/mol. The summed E-state index contributed by atoms with van der Waals surface area (Å²) in [6, 6.07) is 13.2. The minimum atomic E-state index is 0.0318. The number of para-hydroxylation sites is 1. The van der Waals surface area contributed by atoms with E-state index in [1.807, 2.05) is 37.3 Å². The number of ketones is 1. The Bertz CT molecular complexity index is 591. The first-order valence-corrected chi connectivity index (χ1v) is 6.41. The highest BCUT2D eigenvalue weighted by Gasteiger charge is 2.07. The van der Waals surface area contributed by atoms with Crippen LogP contribution in [0.25, 0.3) is 0 Å². The smallest absolute Gasteiger partial charge is 0.160 e. The molecule has 2 nitrogen and oxygen atoms in total. The van der Waals surface area contributed by atoms with Crippen LogP contribution in [0.4, 0.5) is 0 Å². The number of carbonyl (C=O) groups excluding carboxylic acids is 1. The zero-order valence-electron chi connectivity index (χ0n) is 10.2. The van der Waals surface area contributed by atoms with Crippen molar-refractivity contribution in [1.82, 2.24) is 0 Å². The highest BCUT2D eigenvalue weighted by molar-refractivity contribution is 9.10. The van der Waals surface area contributed by atoms with Gasteiger partial charge < -0.3 is 4.74 Å². The van der Waals surface area contributed by atoms with Crippen LogP contribution in [0.2, 0.25) is 0 Å². The molecule has 0 unspecified atom stereocenters. The molecule has 0 radical (unpaired) electrons. The standard InChI is InChI=1S/C15H13BrO2/c1-10-5-3-4-6-15(10)18-12-7-8-13(11(2)17)14(16)9-12/h3-9H,1-2H3. The third kappa shape index (κ3) is 2.79. The van der Waals surface area contributed by atoms with Gasteiger partial charge in [0.2, 0.25) is 0 Å². The van der Waals surface area contributed by atoms with Gasteiger partial charge in [-0.05, 0) is 59.6 Å². The van der Waals surface area contributed by atoms with Crippen molar-refractivity contribution in [2.24, 2.45) is 0 Å². The van der Waals surface area contributed by atoms with E-state index in [9.17, 15) is 4.79 Å². The first kappa shape index (κ1) is 12.8. The molecule has 0 heterocycles. The molecule has 2 aromatic rings. The summed E-state index contributed by atoms with van der Waals surface area (Å²) in [4.78, 5) is 11.3. The monoisotopic (exact) mass is 304 g/mol. The van der Waals surface area contributed by atoms with Gasteiger partial charge >= 0.3 is 0 Å². The van der Waals surface area contributed by atoms with E-state index in [4.69, 9.17) is 4.74 Å². The highest BCUT2D eigenvalue weighted by Crippen LogP contribution is 2.28. The lowest BCUT2D eigenvalue weighted by Gasteiger charge is -2.09. The quantitative estimate of drug-likeness (QED) is 0.765. The summed E-state index contributed by atoms with van der Waals surface area (Å²) in [6.45, 7) is 3.54. The average molecular weight is 305 g/mol. The maximum absolute atomic E-state index is 11.3. The SMILES string of the molecule is CC(=O)c1ccc(Oc2ccccc2C)cc1Br. The molecule has 3 heteroatoms. The molecule has 0 aromatic heterocycles. The lowest BCUT2D eigenvalue weighted by atomic mass is 10.1. The van der Waals surface area contributed by atoms with E-state index in [1.54, 1.807) is 19.1 Å². The lowest BCUT2D eigenvalue weighted by molar-refractivity contribution is 0.101. The number of hydrogen-bond acceptors (Lipinski definition) is 2. The van der Waals surface area contributed by atoms with Crippen LogP contribution in [-0.4, -0.2) is 5.78 Å². The zero-order chi connectivity index (χ0) is 13.1. The van der Waals surface area contributed by atoms with Gasteiger partial charge in [-0.15, -0.1) is 0 Å². The Morgan fingerprint density at radius 3 is 2.50 bits per heavy atom. The van der Waals surface area contributed by atoms with Crippen molar-refractivity contribution < 1.29 is 9.53 Å². The number of hydrogen-bond donors (Lipinski definition) is 0. The van der Waals surface area contributed by atoms with Crippen molar-refractivity contribution in [3.63, 3.8) is 0 Å². The summed E-state index contributed by atoms with van der Waals surface area (Å²) < 4.78 is 6.53. The molecule has 2 rings (SSSR count). The summed E-state index contributed by atoms with van der Waals surface area (Å²) in [5.74, 6) is 1.56. The van der Waals surface area contributed by atoms with Crippen LogP contribution < -0.4 is 4.74 Å². The second-order valence-corrected chi connectivity index (χ2v) is 4.92. The first-order valence-electron chi connectivity index (χ1n) is 5.62. The number of halogens is 1. The van der Waals surface area contributed by atoms with Crippen molar-refractivity contribution in [2.75, 3.05) is 0 Å². The molecule has 0 saturated heterocycles. The second kappa shape index (κ2) is 5.36. The number of benzene rings is 2. The average Bonchev–Trinajstić information content (AvgIpc) is 2.32. The molecule has 0 saturated carbocycles. The fourth-order valence-electron chi connectivity index (χ4n) is 1.64. The molecule has 0 atom stereocenters. The topological polar surface area (TPSA) is 26.3 Å². The van der Waals surface area contributed by atoms with Crippen LogP contribution in [0, 0.1) is 6.92 Å². The normalized spacial score (nSPS) is 10.2. The number of carbonyl (C=O) groups is 1. The summed E-state index contributed by atoms with van der Waals surface area (Å²) >= 11 is 3.38. The Labute approximate surface area is 115 Å². The maximum Gasteiger partial charge on any atom is 0.160 e. The number of aryl methyl sites for hydroxylation is 1. The summed E-state index contributed by atoms with van der Waals surface area (Å²) in [7, 11) is 0. The predicted octanol–water partition coefficient (Wildman–Crippen LogP) is 4.75. The van der Waals surface area contributed by atoms with Gasteiger partial charge in [-0.25, -0.2) is 0 Å². The molecule has 0 spiro atoms. The largest absolute Gasteiger partial charge is 0.457 e. The highest BCUT2D eigenvalue weighted by atomic mass is 79.9. The van der Waals surface area contributed by atoms with Crippen molar-refractivity contribution in [3.05, 3.63) is 58.1 Å². The minimum Gasteiger partial charge on any atom is -0.457 e. The van der Waals surface area contributed by atoms with Gasteiger partial charge in [0.05, 0.1) is 0 Å². The Hall–Kier alpha value is -1.61. The van der Waals surface area contributed by atoms with E-state index >= 15 is 0 Å². The van der Waals surface area contributed by atoms with Gasteiger partial charge in [0.1, 0.15) is 11.5 Å². The molecule has 0 fully saturated rings. The molecule has 0 aliphatic carbocycles. The van der Waals surface area contributed by atoms with Gasteiger partial charge in [-0.2, -0.15) is 0 Å². The van der Waals surface area contributed by atoms with Crippen LogP contribution in [0.15, 0.2) is 46.9 Å². The van der Waals surface area contributed by atoms with E-state index in [2.05, 4.69) is 15.9 Å². The van der Waals surface area contributed by atoms with E-state index in [1.165, 1.54) is 0 Å². The van der Waals surface area contributed by atoms with Crippen LogP contribution in [0.5, 0.6) is 11.5 Å². The summed E-state index contributed by atoms with van der Waals surface area (Å²) in [5, 5.41) is 0. The van der Waals surface area contributed by atoms with E-state index in [-0.39, 0.29) is 5.78 Å². The van der Waals surface area contributed by atoms with Crippen molar-refractivity contribution in [1.29, 1.82) is 0 Å².